The highest BCUT2D eigenvalue weighted by molar-refractivity contribution is 5.97. The van der Waals surface area contributed by atoms with Crippen molar-refractivity contribution in [3.63, 3.8) is 0 Å². The van der Waals surface area contributed by atoms with Crippen molar-refractivity contribution in [2.75, 3.05) is 7.05 Å². The van der Waals surface area contributed by atoms with E-state index in [-0.39, 0.29) is 17.7 Å². The molecule has 0 bridgehead atoms. The summed E-state index contributed by atoms with van der Waals surface area (Å²) in [4.78, 5) is 35.6. The number of carbonyl (C=O) groups excluding carboxylic acids is 3. The summed E-state index contributed by atoms with van der Waals surface area (Å²) in [6, 6.07) is 15.0. The smallest absolute Gasteiger partial charge is 0.251 e. The van der Waals surface area contributed by atoms with Gasteiger partial charge in [-0.1, -0.05) is 30.3 Å². The second-order valence-corrected chi connectivity index (χ2v) is 5.56. The molecule has 3 amide bonds. The lowest BCUT2D eigenvalue weighted by molar-refractivity contribution is -0.122. The molecule has 1 unspecified atom stereocenters. The normalized spacial score (nSPS) is 11.3. The van der Waals surface area contributed by atoms with Gasteiger partial charge in [-0.2, -0.15) is 0 Å². The van der Waals surface area contributed by atoms with Gasteiger partial charge in [0.15, 0.2) is 0 Å². The molecule has 3 N–H and O–H groups in total. The molecule has 1 atom stereocenters. The van der Waals surface area contributed by atoms with Gasteiger partial charge in [-0.25, -0.2) is 0 Å². The third-order valence-corrected chi connectivity index (χ3v) is 3.69. The molecule has 0 saturated carbocycles. The van der Waals surface area contributed by atoms with E-state index >= 15 is 0 Å². The first-order chi connectivity index (χ1) is 12.0. The zero-order valence-electron chi connectivity index (χ0n) is 14.2. The third-order valence-electron chi connectivity index (χ3n) is 3.69. The lowest BCUT2D eigenvalue weighted by Crippen LogP contribution is -2.44. The van der Waals surface area contributed by atoms with Gasteiger partial charge in [0, 0.05) is 24.7 Å². The van der Waals surface area contributed by atoms with Crippen molar-refractivity contribution in [3.05, 3.63) is 71.3 Å². The monoisotopic (exact) mass is 339 g/mol. The average molecular weight is 339 g/mol. The molecular weight excluding hydrogens is 318 g/mol. The van der Waals surface area contributed by atoms with Crippen LogP contribution in [0.15, 0.2) is 54.6 Å². The maximum Gasteiger partial charge on any atom is 0.251 e. The summed E-state index contributed by atoms with van der Waals surface area (Å²) in [5.74, 6) is -0.731. The van der Waals surface area contributed by atoms with Crippen LogP contribution in [0.3, 0.4) is 0 Å². The van der Waals surface area contributed by atoms with Gasteiger partial charge in [-0.15, -0.1) is 0 Å². The summed E-state index contributed by atoms with van der Waals surface area (Å²) in [6.45, 7) is 1.95. The van der Waals surface area contributed by atoms with E-state index in [2.05, 4.69) is 16.0 Å². The van der Waals surface area contributed by atoms with Crippen molar-refractivity contribution in [1.82, 2.24) is 16.0 Å². The Morgan fingerprint density at radius 2 is 1.48 bits per heavy atom. The van der Waals surface area contributed by atoms with Crippen molar-refractivity contribution in [3.8, 4) is 0 Å². The molecule has 0 aliphatic carbocycles. The van der Waals surface area contributed by atoms with Gasteiger partial charge in [-0.05, 0) is 36.8 Å². The van der Waals surface area contributed by atoms with Gasteiger partial charge in [0.05, 0.1) is 0 Å². The van der Waals surface area contributed by atoms with Gasteiger partial charge >= 0.3 is 0 Å². The molecule has 0 radical (unpaired) electrons. The Kier molecular flexibility index (Phi) is 6.28. The van der Waals surface area contributed by atoms with Crippen LogP contribution in [0.4, 0.5) is 0 Å². The lowest BCUT2D eigenvalue weighted by atomic mass is 10.1. The molecule has 2 aromatic carbocycles. The Morgan fingerprint density at radius 1 is 0.880 bits per heavy atom. The van der Waals surface area contributed by atoms with E-state index in [1.165, 1.54) is 0 Å². The summed E-state index contributed by atoms with van der Waals surface area (Å²) >= 11 is 0. The number of amides is 3. The third kappa shape index (κ3) is 5.17. The Labute approximate surface area is 146 Å². The molecule has 0 fully saturated rings. The minimum absolute atomic E-state index is 0.159. The second-order valence-electron chi connectivity index (χ2n) is 5.56. The molecule has 0 spiro atoms. The van der Waals surface area contributed by atoms with Gasteiger partial charge in [0.25, 0.3) is 11.8 Å². The van der Waals surface area contributed by atoms with Gasteiger partial charge < -0.3 is 16.0 Å². The molecule has 0 heterocycles. The molecule has 2 rings (SSSR count). The van der Waals surface area contributed by atoms with Crippen LogP contribution < -0.4 is 16.0 Å². The van der Waals surface area contributed by atoms with Crippen molar-refractivity contribution in [1.29, 1.82) is 0 Å². The van der Waals surface area contributed by atoms with E-state index < -0.39 is 6.04 Å². The second kappa shape index (κ2) is 8.63. The van der Waals surface area contributed by atoms with E-state index in [1.54, 1.807) is 62.5 Å². The van der Waals surface area contributed by atoms with Crippen molar-refractivity contribution < 1.29 is 14.4 Å². The molecular formula is C19H21N3O3. The Bertz CT molecular complexity index is 742. The van der Waals surface area contributed by atoms with Crippen molar-refractivity contribution >= 4 is 17.7 Å². The first-order valence-corrected chi connectivity index (χ1v) is 7.96. The molecule has 6 nitrogen and oxygen atoms in total. The quantitative estimate of drug-likeness (QED) is 0.745. The van der Waals surface area contributed by atoms with Crippen LogP contribution in [0.1, 0.15) is 33.2 Å². The standard InChI is InChI=1S/C19H21N3O3/c1-13(22-19(25)15-6-4-3-5-7-15)17(23)21-12-14-8-10-16(11-9-14)18(24)20-2/h3-11,13H,12H2,1-2H3,(H,20,24)(H,21,23)(H,22,25). The van der Waals surface area contributed by atoms with E-state index in [9.17, 15) is 14.4 Å². The Balaban J connectivity index is 1.85. The van der Waals surface area contributed by atoms with E-state index in [0.29, 0.717) is 17.7 Å². The molecule has 0 aliphatic rings. The van der Waals surface area contributed by atoms with Crippen LogP contribution in [0, 0.1) is 0 Å². The molecule has 25 heavy (non-hydrogen) atoms. The van der Waals surface area contributed by atoms with Crippen LogP contribution in [0.25, 0.3) is 0 Å². The molecule has 130 valence electrons. The fourth-order valence-electron chi connectivity index (χ4n) is 2.20. The van der Waals surface area contributed by atoms with Crippen LogP contribution >= 0.6 is 0 Å². The predicted octanol–water partition coefficient (Wildman–Crippen LogP) is 1.48. The van der Waals surface area contributed by atoms with E-state index in [0.717, 1.165) is 5.56 Å². The minimum atomic E-state index is -0.655. The summed E-state index contributed by atoms with van der Waals surface area (Å²) in [7, 11) is 1.57. The molecule has 6 heteroatoms. The molecule has 0 aromatic heterocycles. The van der Waals surface area contributed by atoms with Gasteiger partial charge in [-0.3, -0.25) is 14.4 Å². The summed E-state index contributed by atoms with van der Waals surface area (Å²) in [6.07, 6.45) is 0. The maximum absolute atomic E-state index is 12.1. The zero-order chi connectivity index (χ0) is 18.2. The van der Waals surface area contributed by atoms with Crippen LogP contribution in [-0.4, -0.2) is 30.8 Å². The van der Waals surface area contributed by atoms with Crippen molar-refractivity contribution in [2.45, 2.75) is 19.5 Å². The number of hydrogen-bond acceptors (Lipinski definition) is 3. The van der Waals surface area contributed by atoms with Crippen LogP contribution in [0.2, 0.25) is 0 Å². The average Bonchev–Trinajstić information content (AvgIpc) is 2.66. The lowest BCUT2D eigenvalue weighted by Gasteiger charge is -2.14. The number of benzene rings is 2. The highest BCUT2D eigenvalue weighted by Crippen LogP contribution is 2.04. The topological polar surface area (TPSA) is 87.3 Å². The molecule has 0 saturated heterocycles. The largest absolute Gasteiger partial charge is 0.355 e. The van der Waals surface area contributed by atoms with Crippen molar-refractivity contribution in [2.24, 2.45) is 0 Å². The molecule has 2 aromatic rings. The number of hydrogen-bond donors (Lipinski definition) is 3. The Hall–Kier alpha value is -3.15. The Morgan fingerprint density at radius 3 is 2.08 bits per heavy atom. The summed E-state index contributed by atoms with van der Waals surface area (Å²) < 4.78 is 0. The summed E-state index contributed by atoms with van der Waals surface area (Å²) in [5, 5.41) is 7.97. The number of rotatable bonds is 6. The highest BCUT2D eigenvalue weighted by Gasteiger charge is 2.16. The van der Waals surface area contributed by atoms with Gasteiger partial charge in [0.1, 0.15) is 6.04 Å². The first kappa shape index (κ1) is 18.2. The fourth-order valence-corrected chi connectivity index (χ4v) is 2.20. The minimum Gasteiger partial charge on any atom is -0.355 e. The van der Waals surface area contributed by atoms with E-state index in [1.807, 2.05) is 6.07 Å². The summed E-state index contributed by atoms with van der Waals surface area (Å²) in [5.41, 5.74) is 1.93. The number of carbonyl (C=O) groups is 3. The van der Waals surface area contributed by atoms with Crippen LogP contribution in [-0.2, 0) is 11.3 Å². The van der Waals surface area contributed by atoms with E-state index in [4.69, 9.17) is 0 Å². The maximum atomic E-state index is 12.1. The number of nitrogens with one attached hydrogen (secondary N) is 3. The zero-order valence-corrected chi connectivity index (χ0v) is 14.2. The highest BCUT2D eigenvalue weighted by atomic mass is 16.2. The predicted molar refractivity (Wildman–Crippen MR) is 95.0 cm³/mol. The van der Waals surface area contributed by atoms with Crippen LogP contribution in [0.5, 0.6) is 0 Å². The van der Waals surface area contributed by atoms with Gasteiger partial charge in [0.2, 0.25) is 5.91 Å². The molecule has 0 aliphatic heterocycles. The first-order valence-electron chi connectivity index (χ1n) is 7.96. The SMILES string of the molecule is CNC(=O)c1ccc(CNC(=O)C(C)NC(=O)c2ccccc2)cc1. The fraction of sp³-hybridized carbons (Fsp3) is 0.211.